The molecule has 1 aromatic carbocycles. The Labute approximate surface area is 162 Å². The van der Waals surface area contributed by atoms with Crippen LogP contribution in [-0.4, -0.2) is 51.4 Å². The highest BCUT2D eigenvalue weighted by Gasteiger charge is 2.37. The Morgan fingerprint density at radius 2 is 1.85 bits per heavy atom. The standard InChI is InChI=1S/C20H31N3O3S/c1-15-5-4-12-20(13-15,23(2)3)14-21-19(24)16-6-10-18(11-7-16)27(25,26)22-17-8-9-17/h6-7,10-11,15,17,22H,4-5,8-9,12-14H2,1-3H3,(H,21,24). The molecule has 2 fully saturated rings. The van der Waals surface area contributed by atoms with Crippen molar-refractivity contribution in [3.05, 3.63) is 29.8 Å². The first kappa shape index (κ1) is 20.3. The fraction of sp³-hybridized carbons (Fsp3) is 0.650. The number of hydrogen-bond acceptors (Lipinski definition) is 4. The zero-order chi connectivity index (χ0) is 19.7. The Balaban J connectivity index is 1.63. The molecule has 2 atom stereocenters. The molecule has 0 bridgehead atoms. The van der Waals surface area contributed by atoms with Crippen molar-refractivity contribution in [2.45, 2.75) is 61.9 Å². The minimum absolute atomic E-state index is 0.00914. The number of nitrogens with zero attached hydrogens (tertiary/aromatic N) is 1. The van der Waals surface area contributed by atoms with Crippen molar-refractivity contribution in [3.63, 3.8) is 0 Å². The third kappa shape index (κ3) is 4.89. The van der Waals surface area contributed by atoms with E-state index in [1.54, 1.807) is 12.1 Å². The Hall–Kier alpha value is -1.44. The summed E-state index contributed by atoms with van der Waals surface area (Å²) in [5, 5.41) is 3.07. The van der Waals surface area contributed by atoms with Crippen molar-refractivity contribution in [3.8, 4) is 0 Å². The lowest BCUT2D eigenvalue weighted by molar-refractivity contribution is 0.0675. The van der Waals surface area contributed by atoms with E-state index in [-0.39, 0.29) is 22.4 Å². The first-order valence-electron chi connectivity index (χ1n) is 9.80. The van der Waals surface area contributed by atoms with Crippen LogP contribution in [0.5, 0.6) is 0 Å². The van der Waals surface area contributed by atoms with Crippen LogP contribution in [0.15, 0.2) is 29.2 Å². The van der Waals surface area contributed by atoms with Gasteiger partial charge in [0.05, 0.1) is 4.90 Å². The van der Waals surface area contributed by atoms with Crippen molar-refractivity contribution >= 4 is 15.9 Å². The van der Waals surface area contributed by atoms with E-state index in [9.17, 15) is 13.2 Å². The molecule has 2 unspecified atom stereocenters. The number of carbonyl (C=O) groups is 1. The number of hydrogen-bond donors (Lipinski definition) is 2. The van der Waals surface area contributed by atoms with E-state index in [0.717, 1.165) is 25.7 Å². The Morgan fingerprint density at radius 1 is 1.19 bits per heavy atom. The molecule has 0 spiro atoms. The highest BCUT2D eigenvalue weighted by atomic mass is 32.2. The lowest BCUT2D eigenvalue weighted by atomic mass is 9.75. The maximum Gasteiger partial charge on any atom is 0.251 e. The number of likely N-dealkylation sites (N-methyl/N-ethyl adjacent to an activating group) is 1. The molecule has 2 aliphatic carbocycles. The van der Waals surface area contributed by atoms with Gasteiger partial charge in [0.15, 0.2) is 0 Å². The van der Waals surface area contributed by atoms with Gasteiger partial charge in [-0.05, 0) is 70.0 Å². The maximum absolute atomic E-state index is 12.6. The van der Waals surface area contributed by atoms with Gasteiger partial charge < -0.3 is 10.2 Å². The number of amides is 1. The summed E-state index contributed by atoms with van der Waals surface area (Å²) in [7, 11) is 0.676. The van der Waals surface area contributed by atoms with Crippen LogP contribution in [0.1, 0.15) is 55.8 Å². The fourth-order valence-corrected chi connectivity index (χ4v) is 5.28. The van der Waals surface area contributed by atoms with Gasteiger partial charge in [0.1, 0.15) is 0 Å². The van der Waals surface area contributed by atoms with Gasteiger partial charge in [-0.3, -0.25) is 4.79 Å². The third-order valence-electron chi connectivity index (χ3n) is 5.92. The van der Waals surface area contributed by atoms with Crippen molar-refractivity contribution < 1.29 is 13.2 Å². The molecule has 3 rings (SSSR count). The fourth-order valence-electron chi connectivity index (χ4n) is 3.98. The Morgan fingerprint density at radius 3 is 2.41 bits per heavy atom. The van der Waals surface area contributed by atoms with Gasteiger partial charge in [-0.15, -0.1) is 0 Å². The molecule has 0 heterocycles. The summed E-state index contributed by atoms with van der Waals surface area (Å²) in [5.41, 5.74) is 0.475. The molecule has 7 heteroatoms. The lowest BCUT2D eigenvalue weighted by Gasteiger charge is -2.45. The van der Waals surface area contributed by atoms with Crippen molar-refractivity contribution in [2.24, 2.45) is 5.92 Å². The molecule has 0 aliphatic heterocycles. The predicted molar refractivity (Wildman–Crippen MR) is 106 cm³/mol. The SMILES string of the molecule is CC1CCCC(CNC(=O)c2ccc(S(=O)(=O)NC3CC3)cc2)(N(C)C)C1. The third-order valence-corrected chi connectivity index (χ3v) is 7.46. The average molecular weight is 394 g/mol. The minimum atomic E-state index is -3.48. The zero-order valence-electron chi connectivity index (χ0n) is 16.5. The molecular weight excluding hydrogens is 362 g/mol. The monoisotopic (exact) mass is 393 g/mol. The summed E-state index contributed by atoms with van der Waals surface area (Å²) < 4.78 is 27.1. The topological polar surface area (TPSA) is 78.5 Å². The molecule has 2 N–H and O–H groups in total. The number of carbonyl (C=O) groups excluding carboxylic acids is 1. The summed E-state index contributed by atoms with van der Waals surface area (Å²) >= 11 is 0. The Bertz CT molecular complexity index is 772. The van der Waals surface area contributed by atoms with Crippen LogP contribution in [-0.2, 0) is 10.0 Å². The Kier molecular flexibility index (Phi) is 5.93. The van der Waals surface area contributed by atoms with Crippen LogP contribution < -0.4 is 10.0 Å². The van der Waals surface area contributed by atoms with Crippen molar-refractivity contribution in [1.82, 2.24) is 14.9 Å². The molecule has 6 nitrogen and oxygen atoms in total. The van der Waals surface area contributed by atoms with Gasteiger partial charge in [0.25, 0.3) is 5.91 Å². The molecule has 1 aromatic rings. The van der Waals surface area contributed by atoms with Crippen LogP contribution in [0.3, 0.4) is 0 Å². The minimum Gasteiger partial charge on any atom is -0.350 e. The molecule has 27 heavy (non-hydrogen) atoms. The molecule has 2 aliphatic rings. The zero-order valence-corrected chi connectivity index (χ0v) is 17.3. The number of rotatable bonds is 7. The van der Waals surface area contributed by atoms with Gasteiger partial charge in [-0.25, -0.2) is 13.1 Å². The normalized spacial score (nSPS) is 26.1. The van der Waals surface area contributed by atoms with E-state index in [0.29, 0.717) is 18.0 Å². The van der Waals surface area contributed by atoms with Crippen molar-refractivity contribution in [2.75, 3.05) is 20.6 Å². The second kappa shape index (κ2) is 7.89. The van der Waals surface area contributed by atoms with Crippen LogP contribution in [0.2, 0.25) is 0 Å². The van der Waals surface area contributed by atoms with Crippen LogP contribution in [0, 0.1) is 5.92 Å². The van der Waals surface area contributed by atoms with Crippen LogP contribution in [0.4, 0.5) is 0 Å². The number of sulfonamides is 1. The maximum atomic E-state index is 12.6. The molecule has 1 amide bonds. The van der Waals surface area contributed by atoms with Crippen LogP contribution >= 0.6 is 0 Å². The quantitative estimate of drug-likeness (QED) is 0.745. The average Bonchev–Trinajstić information content (AvgIpc) is 3.43. The first-order chi connectivity index (χ1) is 12.7. The molecule has 150 valence electrons. The van der Waals surface area contributed by atoms with E-state index in [2.05, 4.69) is 36.0 Å². The van der Waals surface area contributed by atoms with Gasteiger partial charge in [0, 0.05) is 23.7 Å². The highest BCUT2D eigenvalue weighted by Crippen LogP contribution is 2.35. The van der Waals surface area contributed by atoms with E-state index < -0.39 is 10.0 Å². The van der Waals surface area contributed by atoms with E-state index in [4.69, 9.17) is 0 Å². The highest BCUT2D eigenvalue weighted by molar-refractivity contribution is 7.89. The summed E-state index contributed by atoms with van der Waals surface area (Å²) in [4.78, 5) is 15.0. The van der Waals surface area contributed by atoms with Gasteiger partial charge in [0.2, 0.25) is 10.0 Å². The van der Waals surface area contributed by atoms with Crippen molar-refractivity contribution in [1.29, 1.82) is 0 Å². The van der Waals surface area contributed by atoms with Gasteiger partial charge >= 0.3 is 0 Å². The molecule has 2 saturated carbocycles. The smallest absolute Gasteiger partial charge is 0.251 e. The first-order valence-corrected chi connectivity index (χ1v) is 11.3. The largest absolute Gasteiger partial charge is 0.350 e. The van der Waals surface area contributed by atoms with Gasteiger partial charge in [-0.1, -0.05) is 19.8 Å². The number of nitrogens with one attached hydrogen (secondary N) is 2. The summed E-state index contributed by atoms with van der Waals surface area (Å²) in [6, 6.07) is 6.25. The van der Waals surface area contributed by atoms with E-state index in [1.807, 2.05) is 0 Å². The van der Waals surface area contributed by atoms with Crippen LogP contribution in [0.25, 0.3) is 0 Å². The summed E-state index contributed by atoms with van der Waals surface area (Å²) in [6.07, 6.45) is 6.36. The summed E-state index contributed by atoms with van der Waals surface area (Å²) in [5.74, 6) is 0.495. The second-order valence-electron chi connectivity index (χ2n) is 8.42. The molecule has 0 aromatic heterocycles. The molecular formula is C20H31N3O3S. The summed E-state index contributed by atoms with van der Waals surface area (Å²) in [6.45, 7) is 2.88. The molecule has 0 radical (unpaired) electrons. The van der Waals surface area contributed by atoms with E-state index in [1.165, 1.54) is 25.0 Å². The number of benzene rings is 1. The van der Waals surface area contributed by atoms with E-state index >= 15 is 0 Å². The second-order valence-corrected chi connectivity index (χ2v) is 10.1. The molecule has 0 saturated heterocycles. The van der Waals surface area contributed by atoms with Gasteiger partial charge in [-0.2, -0.15) is 0 Å². The lowest BCUT2D eigenvalue weighted by Crippen LogP contribution is -2.55. The predicted octanol–water partition coefficient (Wildman–Crippen LogP) is 2.37.